The van der Waals surface area contributed by atoms with Crippen LogP contribution >= 0.6 is 0 Å². The van der Waals surface area contributed by atoms with Gasteiger partial charge in [0.25, 0.3) is 0 Å². The third-order valence-electron chi connectivity index (χ3n) is 2.98. The number of rotatable bonds is 8. The van der Waals surface area contributed by atoms with Gasteiger partial charge in [0.2, 0.25) is 0 Å². The summed E-state index contributed by atoms with van der Waals surface area (Å²) in [5, 5.41) is 3.55. The Morgan fingerprint density at radius 2 is 1.86 bits per heavy atom. The van der Waals surface area contributed by atoms with Crippen LogP contribution in [-0.4, -0.2) is 37.1 Å². The van der Waals surface area contributed by atoms with Gasteiger partial charge in [-0.15, -0.1) is 0 Å². The molecule has 0 heterocycles. The second kappa shape index (κ2) is 8.25. The lowest BCUT2D eigenvalue weighted by atomic mass is 10.1. The Morgan fingerprint density at radius 3 is 2.29 bits per heavy atom. The van der Waals surface area contributed by atoms with E-state index in [1.807, 2.05) is 0 Å². The fourth-order valence-electron chi connectivity index (χ4n) is 1.73. The SMILES string of the molecule is CCCC(CN(C)C(C)CC)NCC. The minimum absolute atomic E-state index is 0.670. The van der Waals surface area contributed by atoms with Crippen molar-refractivity contribution in [3.8, 4) is 0 Å². The Hall–Kier alpha value is -0.0800. The van der Waals surface area contributed by atoms with Crippen molar-refractivity contribution in [1.82, 2.24) is 10.2 Å². The Kier molecular flexibility index (Phi) is 8.20. The van der Waals surface area contributed by atoms with Gasteiger partial charge in [-0.1, -0.05) is 27.2 Å². The smallest absolute Gasteiger partial charge is 0.0194 e. The van der Waals surface area contributed by atoms with E-state index >= 15 is 0 Å². The molecule has 0 aliphatic rings. The summed E-state index contributed by atoms with van der Waals surface area (Å²) in [6, 6.07) is 1.37. The van der Waals surface area contributed by atoms with Crippen LogP contribution in [-0.2, 0) is 0 Å². The molecule has 0 aromatic rings. The molecule has 86 valence electrons. The average molecular weight is 200 g/mol. The fourth-order valence-corrected chi connectivity index (χ4v) is 1.73. The van der Waals surface area contributed by atoms with Crippen molar-refractivity contribution < 1.29 is 0 Å². The summed E-state index contributed by atoms with van der Waals surface area (Å²) in [7, 11) is 2.23. The highest BCUT2D eigenvalue weighted by Gasteiger charge is 2.12. The molecule has 0 radical (unpaired) electrons. The summed E-state index contributed by atoms with van der Waals surface area (Å²) in [6.45, 7) is 11.3. The first-order valence-electron chi connectivity index (χ1n) is 6.09. The van der Waals surface area contributed by atoms with Crippen LogP contribution in [0.5, 0.6) is 0 Å². The molecule has 0 aromatic heterocycles. The molecular formula is C12H28N2. The van der Waals surface area contributed by atoms with Gasteiger partial charge in [-0.25, -0.2) is 0 Å². The van der Waals surface area contributed by atoms with E-state index in [0.29, 0.717) is 12.1 Å². The second-order valence-electron chi connectivity index (χ2n) is 4.24. The molecule has 14 heavy (non-hydrogen) atoms. The van der Waals surface area contributed by atoms with E-state index in [4.69, 9.17) is 0 Å². The Bertz CT molecular complexity index is 119. The van der Waals surface area contributed by atoms with Crippen LogP contribution in [0.1, 0.15) is 47.0 Å². The van der Waals surface area contributed by atoms with Gasteiger partial charge in [-0.05, 0) is 33.4 Å². The number of nitrogens with one attached hydrogen (secondary N) is 1. The monoisotopic (exact) mass is 200 g/mol. The first kappa shape index (κ1) is 13.9. The third-order valence-corrected chi connectivity index (χ3v) is 2.98. The zero-order valence-corrected chi connectivity index (χ0v) is 10.6. The normalized spacial score (nSPS) is 15.9. The van der Waals surface area contributed by atoms with Gasteiger partial charge in [0, 0.05) is 18.6 Å². The molecule has 0 aliphatic heterocycles. The van der Waals surface area contributed by atoms with Gasteiger partial charge in [0.15, 0.2) is 0 Å². The highest BCUT2D eigenvalue weighted by atomic mass is 15.1. The highest BCUT2D eigenvalue weighted by Crippen LogP contribution is 2.04. The van der Waals surface area contributed by atoms with Gasteiger partial charge in [-0.3, -0.25) is 0 Å². The summed E-state index contributed by atoms with van der Waals surface area (Å²) in [4.78, 5) is 2.46. The molecule has 0 rings (SSSR count). The summed E-state index contributed by atoms with van der Waals surface area (Å²) in [5.74, 6) is 0. The molecule has 0 bridgehead atoms. The quantitative estimate of drug-likeness (QED) is 0.647. The third kappa shape index (κ3) is 5.61. The van der Waals surface area contributed by atoms with Crippen LogP contribution in [0.25, 0.3) is 0 Å². The zero-order valence-electron chi connectivity index (χ0n) is 10.6. The number of hydrogen-bond acceptors (Lipinski definition) is 2. The van der Waals surface area contributed by atoms with Crippen LogP contribution < -0.4 is 5.32 Å². The number of nitrogens with zero attached hydrogens (tertiary/aromatic N) is 1. The molecule has 2 heteroatoms. The van der Waals surface area contributed by atoms with E-state index < -0.39 is 0 Å². The van der Waals surface area contributed by atoms with E-state index in [0.717, 1.165) is 6.54 Å². The fraction of sp³-hybridized carbons (Fsp3) is 1.00. The molecule has 2 atom stereocenters. The molecule has 1 N–H and O–H groups in total. The van der Waals surface area contributed by atoms with Crippen LogP contribution in [0.2, 0.25) is 0 Å². The lowest BCUT2D eigenvalue weighted by Gasteiger charge is -2.28. The van der Waals surface area contributed by atoms with Crippen LogP contribution in [0.4, 0.5) is 0 Å². The lowest BCUT2D eigenvalue weighted by molar-refractivity contribution is 0.220. The molecular weight excluding hydrogens is 172 g/mol. The lowest BCUT2D eigenvalue weighted by Crippen LogP contribution is -2.42. The van der Waals surface area contributed by atoms with E-state index in [9.17, 15) is 0 Å². The summed E-state index contributed by atoms with van der Waals surface area (Å²) in [6.07, 6.45) is 3.79. The van der Waals surface area contributed by atoms with Crippen molar-refractivity contribution in [3.63, 3.8) is 0 Å². The maximum absolute atomic E-state index is 3.55. The predicted molar refractivity (Wildman–Crippen MR) is 64.8 cm³/mol. The van der Waals surface area contributed by atoms with Crippen LogP contribution in [0.3, 0.4) is 0 Å². The first-order chi connectivity index (χ1) is 6.65. The molecule has 0 fully saturated rings. The predicted octanol–water partition coefficient (Wildman–Crippen LogP) is 2.49. The minimum atomic E-state index is 0.670. The van der Waals surface area contributed by atoms with Crippen molar-refractivity contribution in [2.45, 2.75) is 59.0 Å². The van der Waals surface area contributed by atoms with E-state index in [-0.39, 0.29) is 0 Å². The molecule has 0 aliphatic carbocycles. The van der Waals surface area contributed by atoms with Gasteiger partial charge < -0.3 is 10.2 Å². The van der Waals surface area contributed by atoms with E-state index in [1.54, 1.807) is 0 Å². The molecule has 2 unspecified atom stereocenters. The topological polar surface area (TPSA) is 15.3 Å². The summed E-state index contributed by atoms with van der Waals surface area (Å²) >= 11 is 0. The summed E-state index contributed by atoms with van der Waals surface area (Å²) in [5.41, 5.74) is 0. The van der Waals surface area contributed by atoms with Crippen molar-refractivity contribution in [2.24, 2.45) is 0 Å². The van der Waals surface area contributed by atoms with Crippen molar-refractivity contribution in [1.29, 1.82) is 0 Å². The van der Waals surface area contributed by atoms with Gasteiger partial charge in [0.05, 0.1) is 0 Å². The molecule has 0 saturated carbocycles. The highest BCUT2D eigenvalue weighted by molar-refractivity contribution is 4.72. The van der Waals surface area contributed by atoms with Gasteiger partial charge >= 0.3 is 0 Å². The number of hydrogen-bond donors (Lipinski definition) is 1. The molecule has 0 amide bonds. The maximum Gasteiger partial charge on any atom is 0.0194 e. The summed E-state index contributed by atoms with van der Waals surface area (Å²) < 4.78 is 0. The van der Waals surface area contributed by atoms with E-state index in [1.165, 1.54) is 25.8 Å². The maximum atomic E-state index is 3.55. The average Bonchev–Trinajstić information content (AvgIpc) is 2.17. The largest absolute Gasteiger partial charge is 0.313 e. The Labute approximate surface area is 90.1 Å². The molecule has 0 saturated heterocycles. The van der Waals surface area contributed by atoms with Gasteiger partial charge in [0.1, 0.15) is 0 Å². The molecule has 2 nitrogen and oxygen atoms in total. The molecule has 0 spiro atoms. The Morgan fingerprint density at radius 1 is 1.21 bits per heavy atom. The van der Waals surface area contributed by atoms with Crippen LogP contribution in [0, 0.1) is 0 Å². The molecule has 0 aromatic carbocycles. The zero-order chi connectivity index (χ0) is 11.0. The van der Waals surface area contributed by atoms with E-state index in [2.05, 4.69) is 45.0 Å². The van der Waals surface area contributed by atoms with Gasteiger partial charge in [-0.2, -0.15) is 0 Å². The first-order valence-corrected chi connectivity index (χ1v) is 6.09. The van der Waals surface area contributed by atoms with Crippen LogP contribution in [0.15, 0.2) is 0 Å². The minimum Gasteiger partial charge on any atom is -0.313 e. The Balaban J connectivity index is 3.87. The van der Waals surface area contributed by atoms with Crippen molar-refractivity contribution in [3.05, 3.63) is 0 Å². The number of likely N-dealkylation sites (N-methyl/N-ethyl adjacent to an activating group) is 2. The van der Waals surface area contributed by atoms with Crippen molar-refractivity contribution >= 4 is 0 Å². The standard InChI is InChI=1S/C12H28N2/c1-6-9-12(13-8-3)10-14(5)11(4)7-2/h11-13H,6-10H2,1-5H3. The second-order valence-corrected chi connectivity index (χ2v) is 4.24. The van der Waals surface area contributed by atoms with Crippen molar-refractivity contribution in [2.75, 3.05) is 20.1 Å².